The Bertz CT molecular complexity index is 111. The molecule has 1 heterocycles. The molecule has 1 rings (SSSR count). The van der Waals surface area contributed by atoms with E-state index in [0.717, 1.165) is 19.5 Å². The number of aliphatic hydroxyl groups excluding tert-OH is 1. The summed E-state index contributed by atoms with van der Waals surface area (Å²) in [5.41, 5.74) is 0. The van der Waals surface area contributed by atoms with Gasteiger partial charge in [0, 0.05) is 6.54 Å². The van der Waals surface area contributed by atoms with Gasteiger partial charge in [-0.1, -0.05) is 6.92 Å². The van der Waals surface area contributed by atoms with Gasteiger partial charge in [-0.3, -0.25) is 10.6 Å². The predicted octanol–water partition coefficient (Wildman–Crippen LogP) is -0.750. The Labute approximate surface area is 66.9 Å². The molecule has 2 unspecified atom stereocenters. The van der Waals surface area contributed by atoms with Crippen molar-refractivity contribution in [1.82, 2.24) is 10.6 Å². The number of nitrogens with one attached hydrogen (secondary N) is 2. The van der Waals surface area contributed by atoms with Crippen LogP contribution in [-0.2, 0) is 4.74 Å². The Balaban J connectivity index is 2.18. The van der Waals surface area contributed by atoms with Crippen LogP contribution in [0.4, 0.5) is 0 Å². The molecular formula is C7H16N2O2. The summed E-state index contributed by atoms with van der Waals surface area (Å²) in [6.07, 6.45) is 0.268. The van der Waals surface area contributed by atoms with Gasteiger partial charge in [-0.25, -0.2) is 0 Å². The molecule has 4 heteroatoms. The maximum absolute atomic E-state index is 9.25. The third-order valence-corrected chi connectivity index (χ3v) is 1.65. The van der Waals surface area contributed by atoms with Gasteiger partial charge in [0.1, 0.15) is 6.17 Å². The van der Waals surface area contributed by atoms with Gasteiger partial charge in [-0.05, 0) is 13.0 Å². The average Bonchev–Trinajstić information content (AvgIpc) is 2.03. The lowest BCUT2D eigenvalue weighted by molar-refractivity contribution is -0.145. The molecule has 66 valence electrons. The van der Waals surface area contributed by atoms with E-state index < -0.39 is 6.29 Å². The van der Waals surface area contributed by atoms with Crippen molar-refractivity contribution in [3.63, 3.8) is 0 Å². The average molecular weight is 160 g/mol. The van der Waals surface area contributed by atoms with Crippen LogP contribution >= 0.6 is 0 Å². The zero-order valence-electron chi connectivity index (χ0n) is 6.84. The van der Waals surface area contributed by atoms with Gasteiger partial charge < -0.3 is 9.84 Å². The van der Waals surface area contributed by atoms with E-state index in [1.165, 1.54) is 0 Å². The molecule has 1 fully saturated rings. The minimum Gasteiger partial charge on any atom is -0.366 e. The number of ether oxygens (including phenoxy) is 1. The summed E-state index contributed by atoms with van der Waals surface area (Å²) in [6.45, 7) is 4.38. The predicted molar refractivity (Wildman–Crippen MR) is 42.0 cm³/mol. The molecule has 0 spiro atoms. The minimum atomic E-state index is -0.699. The Morgan fingerprint density at radius 3 is 3.18 bits per heavy atom. The van der Waals surface area contributed by atoms with Gasteiger partial charge in [0.25, 0.3) is 0 Å². The molecule has 4 nitrogen and oxygen atoms in total. The minimum absolute atomic E-state index is 0.0938. The fourth-order valence-electron chi connectivity index (χ4n) is 1.06. The first-order chi connectivity index (χ1) is 5.34. The molecule has 11 heavy (non-hydrogen) atoms. The van der Waals surface area contributed by atoms with E-state index in [0.29, 0.717) is 6.61 Å². The molecule has 3 N–H and O–H groups in total. The maximum atomic E-state index is 9.25. The van der Waals surface area contributed by atoms with Crippen LogP contribution in [0.1, 0.15) is 13.3 Å². The van der Waals surface area contributed by atoms with Crippen molar-refractivity contribution >= 4 is 0 Å². The van der Waals surface area contributed by atoms with Crippen molar-refractivity contribution in [2.45, 2.75) is 25.8 Å². The molecule has 0 radical (unpaired) electrons. The molecule has 1 aliphatic heterocycles. The third-order valence-electron chi connectivity index (χ3n) is 1.65. The van der Waals surface area contributed by atoms with Crippen molar-refractivity contribution in [1.29, 1.82) is 0 Å². The highest BCUT2D eigenvalue weighted by Crippen LogP contribution is 1.97. The van der Waals surface area contributed by atoms with Gasteiger partial charge >= 0.3 is 0 Å². The van der Waals surface area contributed by atoms with Crippen LogP contribution in [0.3, 0.4) is 0 Å². The summed E-state index contributed by atoms with van der Waals surface area (Å²) in [4.78, 5) is 0. The van der Waals surface area contributed by atoms with E-state index in [-0.39, 0.29) is 6.17 Å². The number of aliphatic hydroxyl groups is 1. The fraction of sp³-hybridized carbons (Fsp3) is 1.00. The lowest BCUT2D eigenvalue weighted by atomic mass is 10.3. The third kappa shape index (κ3) is 2.75. The normalized spacial score (nSPS) is 32.2. The first kappa shape index (κ1) is 8.93. The molecular weight excluding hydrogens is 144 g/mol. The molecule has 0 aromatic heterocycles. The van der Waals surface area contributed by atoms with Crippen LogP contribution in [0, 0.1) is 0 Å². The highest BCUT2D eigenvalue weighted by atomic mass is 16.6. The Morgan fingerprint density at radius 2 is 2.55 bits per heavy atom. The van der Waals surface area contributed by atoms with Gasteiger partial charge in [0.2, 0.25) is 0 Å². The van der Waals surface area contributed by atoms with Crippen molar-refractivity contribution in [3.8, 4) is 0 Å². The van der Waals surface area contributed by atoms with Gasteiger partial charge in [0.15, 0.2) is 6.29 Å². The monoisotopic (exact) mass is 160 g/mol. The zero-order chi connectivity index (χ0) is 8.10. The van der Waals surface area contributed by atoms with Crippen LogP contribution in [0.25, 0.3) is 0 Å². The van der Waals surface area contributed by atoms with Crippen molar-refractivity contribution in [2.24, 2.45) is 0 Å². The van der Waals surface area contributed by atoms with E-state index in [1.807, 2.05) is 0 Å². The van der Waals surface area contributed by atoms with Crippen LogP contribution in [0.2, 0.25) is 0 Å². The molecule has 0 bridgehead atoms. The van der Waals surface area contributed by atoms with Crippen molar-refractivity contribution in [2.75, 3.05) is 19.7 Å². The van der Waals surface area contributed by atoms with Gasteiger partial charge in [0.05, 0.1) is 6.61 Å². The zero-order valence-corrected chi connectivity index (χ0v) is 6.84. The molecule has 1 saturated heterocycles. The lowest BCUT2D eigenvalue weighted by Crippen LogP contribution is -2.56. The van der Waals surface area contributed by atoms with Gasteiger partial charge in [-0.2, -0.15) is 0 Å². The van der Waals surface area contributed by atoms with E-state index in [9.17, 15) is 5.11 Å². The second-order valence-electron chi connectivity index (χ2n) is 2.65. The molecule has 1 aliphatic rings. The summed E-state index contributed by atoms with van der Waals surface area (Å²) in [5.74, 6) is 0. The highest BCUT2D eigenvalue weighted by molar-refractivity contribution is 4.70. The Morgan fingerprint density at radius 1 is 1.73 bits per heavy atom. The van der Waals surface area contributed by atoms with E-state index in [2.05, 4.69) is 17.6 Å². The maximum Gasteiger partial charge on any atom is 0.183 e. The van der Waals surface area contributed by atoms with Crippen molar-refractivity contribution in [3.05, 3.63) is 0 Å². The van der Waals surface area contributed by atoms with Gasteiger partial charge in [-0.15, -0.1) is 0 Å². The molecule has 0 aromatic carbocycles. The fourth-order valence-corrected chi connectivity index (χ4v) is 1.06. The smallest absolute Gasteiger partial charge is 0.183 e. The standard InChI is InChI=1S/C7H16N2O2/c1-2-3-8-6-7(10)11-5-4-9-6/h6-10H,2-5H2,1H3. The number of morpholine rings is 1. The molecule has 0 aromatic rings. The largest absolute Gasteiger partial charge is 0.366 e. The highest BCUT2D eigenvalue weighted by Gasteiger charge is 2.21. The van der Waals surface area contributed by atoms with E-state index >= 15 is 0 Å². The van der Waals surface area contributed by atoms with Crippen molar-refractivity contribution < 1.29 is 9.84 Å². The Hall–Kier alpha value is -0.160. The Kier molecular flexibility index (Phi) is 3.79. The first-order valence-electron chi connectivity index (χ1n) is 4.11. The number of hydrogen-bond donors (Lipinski definition) is 3. The summed E-state index contributed by atoms with van der Waals surface area (Å²) < 4.78 is 5.02. The quantitative estimate of drug-likeness (QED) is 0.508. The number of hydrogen-bond acceptors (Lipinski definition) is 4. The van der Waals surface area contributed by atoms with Crippen LogP contribution in [0.5, 0.6) is 0 Å². The number of rotatable bonds is 3. The van der Waals surface area contributed by atoms with Crippen LogP contribution in [-0.4, -0.2) is 37.3 Å². The van der Waals surface area contributed by atoms with Crippen LogP contribution < -0.4 is 10.6 Å². The summed E-state index contributed by atoms with van der Waals surface area (Å²) in [5, 5.41) is 15.5. The lowest BCUT2D eigenvalue weighted by Gasteiger charge is -2.29. The summed E-state index contributed by atoms with van der Waals surface area (Å²) in [7, 11) is 0. The second-order valence-corrected chi connectivity index (χ2v) is 2.65. The summed E-state index contributed by atoms with van der Waals surface area (Å²) >= 11 is 0. The first-order valence-corrected chi connectivity index (χ1v) is 4.11. The van der Waals surface area contributed by atoms with E-state index in [1.54, 1.807) is 0 Å². The van der Waals surface area contributed by atoms with Crippen LogP contribution in [0.15, 0.2) is 0 Å². The SMILES string of the molecule is CCCNC1NCCOC1O. The topological polar surface area (TPSA) is 53.5 Å². The molecule has 0 amide bonds. The molecule has 0 saturated carbocycles. The molecule has 2 atom stereocenters. The second kappa shape index (κ2) is 4.66. The molecule has 0 aliphatic carbocycles. The van der Waals surface area contributed by atoms with E-state index in [4.69, 9.17) is 4.74 Å². The summed E-state index contributed by atoms with van der Waals surface area (Å²) in [6, 6.07) is 0.